The van der Waals surface area contributed by atoms with Crippen molar-refractivity contribution in [1.82, 2.24) is 15.1 Å². The van der Waals surface area contributed by atoms with Crippen molar-refractivity contribution in [2.24, 2.45) is 10.7 Å². The number of β-amino-alcohol motifs (C(OH)–C–C–N with tert-alkyl or cyclic N) is 1. The number of aromatic nitrogens is 2. The van der Waals surface area contributed by atoms with Crippen LogP contribution >= 0.6 is 0 Å². The van der Waals surface area contributed by atoms with Crippen molar-refractivity contribution < 1.29 is 28.2 Å². The molecule has 212 valence electrons. The summed E-state index contributed by atoms with van der Waals surface area (Å²) >= 11 is 0. The number of aromatic amines is 1. The molecule has 1 aromatic heterocycles. The Morgan fingerprint density at radius 2 is 2.12 bits per heavy atom. The van der Waals surface area contributed by atoms with Gasteiger partial charge in [0.05, 0.1) is 38.2 Å². The normalized spacial score (nSPS) is 18.1. The van der Waals surface area contributed by atoms with E-state index in [1.54, 1.807) is 18.2 Å². The number of aliphatic imine (C=N–C) groups is 1. The molecule has 1 amide bonds. The van der Waals surface area contributed by atoms with Crippen LogP contribution in [0, 0.1) is 11.6 Å². The summed E-state index contributed by atoms with van der Waals surface area (Å²) in [6.07, 6.45) is 1.96. The predicted octanol–water partition coefficient (Wildman–Crippen LogP) is 2.53. The molecule has 1 fully saturated rings. The number of ether oxygens (including phenoxy) is 2. The number of methoxy groups -OCH3 is 1. The molecular formula is C27H31F2N7O4. The van der Waals surface area contributed by atoms with Gasteiger partial charge in [-0.1, -0.05) is 6.07 Å². The largest absolute Gasteiger partial charge is 0.493 e. The van der Waals surface area contributed by atoms with Gasteiger partial charge < -0.3 is 30.5 Å². The van der Waals surface area contributed by atoms with E-state index in [9.17, 15) is 18.7 Å². The summed E-state index contributed by atoms with van der Waals surface area (Å²) in [5.74, 6) is -1.10. The SMILES string of the molecule is COc1cc2c(cc1OC[C@H]1CCCN1CCO)NCN(c1cccc(F)c1F)C2=Nc1cc(CC(N)=O)[nH]n1. The van der Waals surface area contributed by atoms with Gasteiger partial charge in [-0.05, 0) is 37.6 Å². The van der Waals surface area contributed by atoms with Crippen molar-refractivity contribution in [1.29, 1.82) is 0 Å². The molecule has 0 spiro atoms. The molecule has 2 aromatic carbocycles. The van der Waals surface area contributed by atoms with E-state index < -0.39 is 17.5 Å². The number of amidine groups is 1. The van der Waals surface area contributed by atoms with Crippen LogP contribution in [0.4, 0.5) is 26.0 Å². The first-order valence-corrected chi connectivity index (χ1v) is 12.9. The topological polar surface area (TPSA) is 141 Å². The van der Waals surface area contributed by atoms with Crippen LogP contribution in [-0.4, -0.2) is 78.1 Å². The van der Waals surface area contributed by atoms with Gasteiger partial charge >= 0.3 is 0 Å². The Hall–Kier alpha value is -4.23. The number of likely N-dealkylation sites (tertiary alicyclic amines) is 1. The van der Waals surface area contributed by atoms with Crippen molar-refractivity contribution >= 4 is 28.9 Å². The lowest BCUT2D eigenvalue weighted by molar-refractivity contribution is -0.117. The summed E-state index contributed by atoms with van der Waals surface area (Å²) in [4.78, 5) is 19.7. The van der Waals surface area contributed by atoms with E-state index in [0.717, 1.165) is 25.5 Å². The molecule has 11 nitrogen and oxygen atoms in total. The first-order valence-electron chi connectivity index (χ1n) is 12.9. The fourth-order valence-electron chi connectivity index (χ4n) is 5.05. The number of rotatable bonds is 10. The zero-order valence-electron chi connectivity index (χ0n) is 22.0. The number of anilines is 2. The van der Waals surface area contributed by atoms with Crippen LogP contribution in [0.15, 0.2) is 41.4 Å². The molecule has 5 N–H and O–H groups in total. The van der Waals surface area contributed by atoms with E-state index >= 15 is 0 Å². The molecular weight excluding hydrogens is 524 g/mol. The van der Waals surface area contributed by atoms with Crippen LogP contribution in [0.2, 0.25) is 0 Å². The second-order valence-corrected chi connectivity index (χ2v) is 9.58. The number of nitrogens with two attached hydrogens (primary N) is 1. The highest BCUT2D eigenvalue weighted by atomic mass is 19.2. The second kappa shape index (κ2) is 11.9. The van der Waals surface area contributed by atoms with Crippen LogP contribution in [0.25, 0.3) is 0 Å². The summed E-state index contributed by atoms with van der Waals surface area (Å²) in [6.45, 7) is 2.10. The number of fused-ring (bicyclic) bond motifs is 1. The average molecular weight is 556 g/mol. The Morgan fingerprint density at radius 1 is 1.27 bits per heavy atom. The minimum absolute atomic E-state index is 0.0192. The number of H-pyrrole nitrogens is 1. The quantitative estimate of drug-likeness (QED) is 0.299. The summed E-state index contributed by atoms with van der Waals surface area (Å²) in [5.41, 5.74) is 6.92. The Morgan fingerprint density at radius 3 is 2.90 bits per heavy atom. The molecule has 3 heterocycles. The zero-order valence-corrected chi connectivity index (χ0v) is 22.0. The monoisotopic (exact) mass is 555 g/mol. The molecule has 2 aliphatic rings. The first-order chi connectivity index (χ1) is 19.4. The number of halogens is 2. The molecule has 0 saturated carbocycles. The van der Waals surface area contributed by atoms with Gasteiger partial charge in [-0.25, -0.2) is 13.8 Å². The first kappa shape index (κ1) is 27.3. The number of carbonyl (C=O) groups is 1. The van der Waals surface area contributed by atoms with Crippen LogP contribution in [0.1, 0.15) is 24.1 Å². The smallest absolute Gasteiger partial charge is 0.223 e. The van der Waals surface area contributed by atoms with E-state index in [2.05, 4.69) is 25.4 Å². The predicted molar refractivity (Wildman–Crippen MR) is 145 cm³/mol. The van der Waals surface area contributed by atoms with Crippen LogP contribution in [0.5, 0.6) is 11.5 Å². The number of benzene rings is 2. The summed E-state index contributed by atoms with van der Waals surface area (Å²) in [6, 6.07) is 9.17. The van der Waals surface area contributed by atoms with E-state index in [0.29, 0.717) is 41.6 Å². The second-order valence-electron chi connectivity index (χ2n) is 9.58. The maximum atomic E-state index is 14.9. The minimum Gasteiger partial charge on any atom is -0.493 e. The van der Waals surface area contributed by atoms with E-state index in [-0.39, 0.29) is 43.1 Å². The molecule has 40 heavy (non-hydrogen) atoms. The number of primary amides is 1. The lowest BCUT2D eigenvalue weighted by atomic mass is 10.1. The highest BCUT2D eigenvalue weighted by molar-refractivity contribution is 6.16. The molecule has 1 atom stereocenters. The van der Waals surface area contributed by atoms with Crippen molar-refractivity contribution in [3.8, 4) is 11.5 Å². The third-order valence-corrected chi connectivity index (χ3v) is 6.97. The number of aliphatic hydroxyl groups excluding tert-OH is 1. The number of nitrogens with zero attached hydrogens (tertiary/aromatic N) is 4. The van der Waals surface area contributed by atoms with Gasteiger partial charge in [0.25, 0.3) is 0 Å². The Bertz CT molecular complexity index is 1410. The standard InChI is InChI=1S/C27H31F2N7O4/c1-39-22-12-18-20(13-23(22)40-14-17-4-3-7-35(17)8-9-37)31-15-36(21-6-2-5-19(28)26(21)29)27(18)32-25-11-16(33-34-25)10-24(30)38/h2,5-6,11-13,17,31,37H,3-4,7-10,14-15H2,1H3,(H2,30,38)(H,33,34)/t17-/m1/s1. The third kappa shape index (κ3) is 5.70. The number of hydrogen-bond donors (Lipinski definition) is 4. The summed E-state index contributed by atoms with van der Waals surface area (Å²) < 4.78 is 40.9. The lowest BCUT2D eigenvalue weighted by Gasteiger charge is -2.33. The van der Waals surface area contributed by atoms with Gasteiger partial charge in [-0.3, -0.25) is 14.8 Å². The maximum absolute atomic E-state index is 14.9. The third-order valence-electron chi connectivity index (χ3n) is 6.97. The lowest BCUT2D eigenvalue weighted by Crippen LogP contribution is -2.41. The van der Waals surface area contributed by atoms with E-state index in [1.165, 1.54) is 24.1 Å². The Balaban J connectivity index is 1.52. The fourth-order valence-corrected chi connectivity index (χ4v) is 5.05. The molecule has 0 aliphatic carbocycles. The molecule has 0 radical (unpaired) electrons. The van der Waals surface area contributed by atoms with Crippen LogP contribution < -0.4 is 25.4 Å². The van der Waals surface area contributed by atoms with E-state index in [1.807, 2.05) is 0 Å². The Labute approximate surface area is 229 Å². The number of amides is 1. The highest BCUT2D eigenvalue weighted by Gasteiger charge is 2.30. The highest BCUT2D eigenvalue weighted by Crippen LogP contribution is 2.38. The van der Waals surface area contributed by atoms with Crippen molar-refractivity contribution in [2.75, 3.05) is 50.3 Å². The fraction of sp³-hybridized carbons (Fsp3) is 0.370. The summed E-state index contributed by atoms with van der Waals surface area (Å²) in [5, 5.41) is 19.5. The molecule has 3 aromatic rings. The molecule has 13 heteroatoms. The van der Waals surface area contributed by atoms with Gasteiger partial charge in [0.15, 0.2) is 29.0 Å². The Kier molecular flexibility index (Phi) is 8.12. The average Bonchev–Trinajstić information content (AvgIpc) is 3.57. The number of nitrogens with one attached hydrogen (secondary N) is 2. The van der Waals surface area contributed by atoms with Gasteiger partial charge in [0.1, 0.15) is 12.4 Å². The maximum Gasteiger partial charge on any atom is 0.223 e. The van der Waals surface area contributed by atoms with Crippen molar-refractivity contribution in [2.45, 2.75) is 25.3 Å². The van der Waals surface area contributed by atoms with Gasteiger partial charge in [0, 0.05) is 36.0 Å². The molecule has 0 unspecified atom stereocenters. The molecule has 1 saturated heterocycles. The summed E-state index contributed by atoms with van der Waals surface area (Å²) in [7, 11) is 1.52. The van der Waals surface area contributed by atoms with Gasteiger partial charge in [-0.2, -0.15) is 5.10 Å². The molecule has 2 aliphatic heterocycles. The van der Waals surface area contributed by atoms with E-state index in [4.69, 9.17) is 15.2 Å². The molecule has 0 bridgehead atoms. The van der Waals surface area contributed by atoms with Crippen molar-refractivity contribution in [3.05, 3.63) is 59.3 Å². The molecule has 5 rings (SSSR count). The van der Waals surface area contributed by atoms with Gasteiger partial charge in [0.2, 0.25) is 5.91 Å². The number of hydrogen-bond acceptors (Lipinski definition) is 8. The van der Waals surface area contributed by atoms with Crippen molar-refractivity contribution in [3.63, 3.8) is 0 Å². The van der Waals surface area contributed by atoms with Gasteiger partial charge in [-0.15, -0.1) is 0 Å². The zero-order chi connectivity index (χ0) is 28.2. The van der Waals surface area contributed by atoms with Crippen LogP contribution in [-0.2, 0) is 11.2 Å². The van der Waals surface area contributed by atoms with Crippen LogP contribution in [0.3, 0.4) is 0 Å². The minimum atomic E-state index is -1.02. The number of aliphatic hydroxyl groups is 1. The number of carbonyl (C=O) groups excluding carboxylic acids is 1.